The van der Waals surface area contributed by atoms with Gasteiger partial charge in [-0.25, -0.2) is 0 Å². The Kier molecular flexibility index (Phi) is 5.74. The molecule has 6 nitrogen and oxygen atoms in total. The number of methoxy groups -OCH3 is 1. The normalized spacial score (nSPS) is 11.3. The summed E-state index contributed by atoms with van der Waals surface area (Å²) in [5.74, 6) is -1.09. The number of carbonyl (C=O) groups is 2. The molecular weight excluding hydrogens is 291 g/mol. The van der Waals surface area contributed by atoms with Crippen LogP contribution in [0.3, 0.4) is 0 Å². The first-order valence-corrected chi connectivity index (χ1v) is 6.23. The van der Waals surface area contributed by atoms with Crippen molar-refractivity contribution in [1.29, 1.82) is 0 Å². The molecule has 0 aliphatic heterocycles. The fourth-order valence-electron chi connectivity index (χ4n) is 1.62. The highest BCUT2D eigenvalue weighted by Gasteiger charge is 2.33. The van der Waals surface area contributed by atoms with Crippen molar-refractivity contribution in [3.63, 3.8) is 0 Å². The zero-order valence-electron chi connectivity index (χ0n) is 11.7. The number of ether oxygens (including phenoxy) is 1. The fourth-order valence-corrected chi connectivity index (χ4v) is 1.62. The number of nitrogens with zero attached hydrogens (tertiary/aromatic N) is 3. The van der Waals surface area contributed by atoms with Crippen molar-refractivity contribution < 1.29 is 27.5 Å². The molecule has 1 aromatic rings. The molecule has 0 bridgehead atoms. The van der Waals surface area contributed by atoms with Gasteiger partial charge in [0, 0.05) is 12.7 Å². The van der Waals surface area contributed by atoms with Gasteiger partial charge in [0.1, 0.15) is 13.1 Å². The van der Waals surface area contributed by atoms with Crippen LogP contribution in [-0.2, 0) is 27.0 Å². The van der Waals surface area contributed by atoms with E-state index >= 15 is 0 Å². The largest absolute Gasteiger partial charge is 0.468 e. The van der Waals surface area contributed by atoms with Gasteiger partial charge in [-0.3, -0.25) is 14.3 Å². The molecule has 118 valence electrons. The zero-order valence-corrected chi connectivity index (χ0v) is 11.7. The Morgan fingerprint density at radius 3 is 2.57 bits per heavy atom. The van der Waals surface area contributed by atoms with Crippen LogP contribution in [-0.4, -0.2) is 46.8 Å². The van der Waals surface area contributed by atoms with Crippen LogP contribution < -0.4 is 0 Å². The van der Waals surface area contributed by atoms with Crippen LogP contribution >= 0.6 is 0 Å². The van der Waals surface area contributed by atoms with Crippen molar-refractivity contribution in [3.05, 3.63) is 18.0 Å². The van der Waals surface area contributed by atoms with Crippen molar-refractivity contribution in [1.82, 2.24) is 14.7 Å². The molecule has 0 saturated carbocycles. The lowest BCUT2D eigenvalue weighted by Crippen LogP contribution is -2.38. The van der Waals surface area contributed by atoms with E-state index in [2.05, 4.69) is 9.84 Å². The molecule has 9 heteroatoms. The van der Waals surface area contributed by atoms with E-state index in [9.17, 15) is 22.8 Å². The van der Waals surface area contributed by atoms with Crippen LogP contribution in [0.2, 0.25) is 0 Å². The molecular formula is C12H16F3N3O3. The molecule has 1 amide bonds. The van der Waals surface area contributed by atoms with Crippen molar-refractivity contribution in [2.24, 2.45) is 0 Å². The van der Waals surface area contributed by atoms with Gasteiger partial charge in [0.2, 0.25) is 5.91 Å². The summed E-state index contributed by atoms with van der Waals surface area (Å²) in [6, 6.07) is 0.789. The van der Waals surface area contributed by atoms with Gasteiger partial charge in [-0.2, -0.15) is 18.3 Å². The van der Waals surface area contributed by atoms with E-state index in [0.717, 1.165) is 16.9 Å². The molecule has 1 rings (SSSR count). The highest BCUT2D eigenvalue weighted by Crippen LogP contribution is 2.27. The second-order valence-electron chi connectivity index (χ2n) is 4.29. The number of rotatable bonds is 6. The van der Waals surface area contributed by atoms with E-state index < -0.39 is 23.7 Å². The van der Waals surface area contributed by atoms with Gasteiger partial charge in [-0.15, -0.1) is 0 Å². The zero-order chi connectivity index (χ0) is 16.0. The molecule has 1 aromatic heterocycles. The van der Waals surface area contributed by atoms with Crippen molar-refractivity contribution in [2.45, 2.75) is 26.1 Å². The third-order valence-corrected chi connectivity index (χ3v) is 2.62. The molecule has 0 aromatic carbocycles. The van der Waals surface area contributed by atoms with E-state index in [1.807, 2.05) is 6.92 Å². The smallest absolute Gasteiger partial charge is 0.435 e. The predicted octanol–water partition coefficient (Wildman–Crippen LogP) is 1.31. The summed E-state index contributed by atoms with van der Waals surface area (Å²) in [4.78, 5) is 24.4. The second-order valence-corrected chi connectivity index (χ2v) is 4.29. The minimum atomic E-state index is -4.55. The lowest BCUT2D eigenvalue weighted by molar-refractivity contribution is -0.147. The Morgan fingerprint density at radius 1 is 1.43 bits per heavy atom. The number of hydrogen-bond donors (Lipinski definition) is 0. The number of alkyl halides is 3. The third-order valence-electron chi connectivity index (χ3n) is 2.62. The maximum atomic E-state index is 12.4. The van der Waals surface area contributed by atoms with Gasteiger partial charge in [0.15, 0.2) is 5.69 Å². The Balaban J connectivity index is 2.72. The highest BCUT2D eigenvalue weighted by atomic mass is 19.4. The number of aromatic nitrogens is 2. The van der Waals surface area contributed by atoms with Gasteiger partial charge in [0.05, 0.1) is 7.11 Å². The van der Waals surface area contributed by atoms with Crippen LogP contribution in [0.4, 0.5) is 13.2 Å². The topological polar surface area (TPSA) is 64.4 Å². The standard InChI is InChI=1S/C12H16F3N3O3/c1-3-5-17(8-11(20)21-2)10(19)7-18-6-4-9(16-18)12(13,14)15/h4,6H,3,5,7-8H2,1-2H3. The van der Waals surface area contributed by atoms with Crippen LogP contribution in [0.5, 0.6) is 0 Å². The van der Waals surface area contributed by atoms with E-state index in [-0.39, 0.29) is 13.1 Å². The first-order chi connectivity index (χ1) is 9.77. The molecule has 0 N–H and O–H groups in total. The molecule has 0 spiro atoms. The van der Waals surface area contributed by atoms with Gasteiger partial charge in [0.25, 0.3) is 0 Å². The molecule has 21 heavy (non-hydrogen) atoms. The summed E-state index contributed by atoms with van der Waals surface area (Å²) in [6.45, 7) is 1.51. The lowest BCUT2D eigenvalue weighted by atomic mass is 10.3. The van der Waals surface area contributed by atoms with E-state index in [1.54, 1.807) is 0 Å². The van der Waals surface area contributed by atoms with Gasteiger partial charge in [-0.1, -0.05) is 6.92 Å². The van der Waals surface area contributed by atoms with Crippen LogP contribution in [0.1, 0.15) is 19.0 Å². The predicted molar refractivity (Wildman–Crippen MR) is 66.1 cm³/mol. The van der Waals surface area contributed by atoms with Gasteiger partial charge >= 0.3 is 12.1 Å². The summed E-state index contributed by atoms with van der Waals surface area (Å²) in [5, 5.41) is 3.29. The summed E-state index contributed by atoms with van der Waals surface area (Å²) in [5.41, 5.74) is -1.06. The Labute approximate surface area is 119 Å². The molecule has 0 unspecified atom stereocenters. The van der Waals surface area contributed by atoms with Crippen LogP contribution in [0, 0.1) is 0 Å². The van der Waals surface area contributed by atoms with Crippen molar-refractivity contribution in [2.75, 3.05) is 20.2 Å². The quantitative estimate of drug-likeness (QED) is 0.743. The maximum Gasteiger partial charge on any atom is 0.435 e. The average Bonchev–Trinajstić information content (AvgIpc) is 2.86. The van der Waals surface area contributed by atoms with E-state index in [1.165, 1.54) is 12.0 Å². The van der Waals surface area contributed by atoms with E-state index in [0.29, 0.717) is 13.0 Å². The van der Waals surface area contributed by atoms with Crippen LogP contribution in [0.15, 0.2) is 12.3 Å². The third kappa shape index (κ3) is 5.09. The van der Waals surface area contributed by atoms with Crippen molar-refractivity contribution >= 4 is 11.9 Å². The molecule has 0 aliphatic rings. The summed E-state index contributed by atoms with van der Waals surface area (Å²) in [7, 11) is 1.19. The summed E-state index contributed by atoms with van der Waals surface area (Å²) >= 11 is 0. The van der Waals surface area contributed by atoms with Gasteiger partial charge < -0.3 is 9.64 Å². The Bertz CT molecular complexity index is 499. The summed E-state index contributed by atoms with van der Waals surface area (Å²) < 4.78 is 42.6. The number of esters is 1. The molecule has 0 aliphatic carbocycles. The summed E-state index contributed by atoms with van der Waals surface area (Å²) in [6.07, 6.45) is -2.87. The van der Waals surface area contributed by atoms with Crippen molar-refractivity contribution in [3.8, 4) is 0 Å². The first-order valence-electron chi connectivity index (χ1n) is 6.23. The minimum Gasteiger partial charge on any atom is -0.468 e. The molecule has 0 fully saturated rings. The SMILES string of the molecule is CCCN(CC(=O)OC)C(=O)Cn1ccc(C(F)(F)F)n1. The molecule has 0 saturated heterocycles. The number of amides is 1. The van der Waals surface area contributed by atoms with Crippen LogP contribution in [0.25, 0.3) is 0 Å². The number of halogens is 3. The van der Waals surface area contributed by atoms with E-state index in [4.69, 9.17) is 0 Å². The first kappa shape index (κ1) is 17.0. The second kappa shape index (κ2) is 7.09. The van der Waals surface area contributed by atoms with Gasteiger partial charge in [-0.05, 0) is 12.5 Å². The fraction of sp³-hybridized carbons (Fsp3) is 0.583. The lowest BCUT2D eigenvalue weighted by Gasteiger charge is -2.20. The number of hydrogen-bond acceptors (Lipinski definition) is 4. The Hall–Kier alpha value is -2.06. The average molecular weight is 307 g/mol. The highest BCUT2D eigenvalue weighted by molar-refractivity contribution is 5.81. The number of carbonyl (C=O) groups excluding carboxylic acids is 2. The molecule has 1 heterocycles. The minimum absolute atomic E-state index is 0.240. The monoisotopic (exact) mass is 307 g/mol. The molecule has 0 atom stereocenters. The Morgan fingerprint density at radius 2 is 2.10 bits per heavy atom. The molecule has 0 radical (unpaired) electrons. The maximum absolute atomic E-state index is 12.4.